The van der Waals surface area contributed by atoms with Crippen LogP contribution in [0.15, 0.2) is 30.3 Å². The van der Waals surface area contributed by atoms with Crippen LogP contribution < -0.4 is 4.73 Å². The first kappa shape index (κ1) is 11.4. The standard InChI is InChI=1S/C14H15NO3/c1-10-8-13(14-9-17-6-7-18-14)15(16)12-5-3-2-4-11(10)12/h2-5,8,14H,6-7,9H2,1H3. The van der Waals surface area contributed by atoms with Crippen LogP contribution in [0.1, 0.15) is 17.4 Å². The average molecular weight is 245 g/mol. The van der Waals surface area contributed by atoms with Crippen LogP contribution in [0.4, 0.5) is 0 Å². The molecule has 2 aromatic rings. The maximum Gasteiger partial charge on any atom is 0.224 e. The Morgan fingerprint density at radius 1 is 1.28 bits per heavy atom. The molecule has 1 aliphatic heterocycles. The maximum absolute atomic E-state index is 12.4. The fourth-order valence-corrected chi connectivity index (χ4v) is 2.36. The first-order valence-electron chi connectivity index (χ1n) is 6.08. The molecule has 0 aliphatic carbocycles. The van der Waals surface area contributed by atoms with E-state index in [-0.39, 0.29) is 6.10 Å². The van der Waals surface area contributed by atoms with Gasteiger partial charge in [-0.3, -0.25) is 0 Å². The molecule has 1 aromatic heterocycles. The molecule has 0 radical (unpaired) electrons. The molecule has 1 atom stereocenters. The van der Waals surface area contributed by atoms with Gasteiger partial charge >= 0.3 is 0 Å². The Morgan fingerprint density at radius 2 is 2.11 bits per heavy atom. The van der Waals surface area contributed by atoms with Crippen molar-refractivity contribution in [1.29, 1.82) is 0 Å². The smallest absolute Gasteiger partial charge is 0.224 e. The summed E-state index contributed by atoms with van der Waals surface area (Å²) in [6, 6.07) is 9.51. The second kappa shape index (κ2) is 4.55. The van der Waals surface area contributed by atoms with Crippen molar-refractivity contribution >= 4 is 10.9 Å². The number of para-hydroxylation sites is 1. The number of aromatic nitrogens is 1. The molecule has 94 valence electrons. The summed E-state index contributed by atoms with van der Waals surface area (Å²) in [4.78, 5) is 0. The van der Waals surface area contributed by atoms with Crippen LogP contribution in [0.5, 0.6) is 0 Å². The number of pyridine rings is 1. The molecular formula is C14H15NO3. The third-order valence-electron chi connectivity index (χ3n) is 3.29. The fraction of sp³-hybridized carbons (Fsp3) is 0.357. The van der Waals surface area contributed by atoms with E-state index in [0.717, 1.165) is 15.7 Å². The van der Waals surface area contributed by atoms with E-state index in [9.17, 15) is 5.21 Å². The van der Waals surface area contributed by atoms with E-state index >= 15 is 0 Å². The highest BCUT2D eigenvalue weighted by Crippen LogP contribution is 2.23. The minimum absolute atomic E-state index is 0.264. The highest BCUT2D eigenvalue weighted by molar-refractivity contribution is 5.79. The van der Waals surface area contributed by atoms with Crippen LogP contribution in [-0.2, 0) is 9.47 Å². The largest absolute Gasteiger partial charge is 0.618 e. The normalized spacial score (nSPS) is 20.2. The minimum Gasteiger partial charge on any atom is -0.618 e. The molecule has 1 aliphatic rings. The van der Waals surface area contributed by atoms with Gasteiger partial charge in [0.2, 0.25) is 11.2 Å². The van der Waals surface area contributed by atoms with Gasteiger partial charge in [-0.15, -0.1) is 0 Å². The molecular weight excluding hydrogens is 230 g/mol. The quantitative estimate of drug-likeness (QED) is 0.569. The number of aryl methyl sites for hydroxylation is 1. The Hall–Kier alpha value is -1.65. The van der Waals surface area contributed by atoms with Gasteiger partial charge in [-0.2, -0.15) is 4.73 Å². The number of hydrogen-bond donors (Lipinski definition) is 0. The van der Waals surface area contributed by atoms with E-state index < -0.39 is 0 Å². The summed E-state index contributed by atoms with van der Waals surface area (Å²) in [5.74, 6) is 0. The number of fused-ring (bicyclic) bond motifs is 1. The van der Waals surface area contributed by atoms with Gasteiger partial charge in [0.15, 0.2) is 6.10 Å². The number of rotatable bonds is 1. The molecule has 4 heteroatoms. The molecule has 0 bridgehead atoms. The Kier molecular flexibility index (Phi) is 2.89. The summed E-state index contributed by atoms with van der Waals surface area (Å²) >= 11 is 0. The molecule has 0 saturated carbocycles. The number of benzene rings is 1. The molecule has 0 N–H and O–H groups in total. The Labute approximate surface area is 105 Å². The van der Waals surface area contributed by atoms with Crippen LogP contribution in [0, 0.1) is 12.1 Å². The zero-order valence-electron chi connectivity index (χ0n) is 10.3. The van der Waals surface area contributed by atoms with Crippen molar-refractivity contribution in [1.82, 2.24) is 0 Å². The fourth-order valence-electron chi connectivity index (χ4n) is 2.36. The molecule has 1 aromatic carbocycles. The highest BCUT2D eigenvalue weighted by atomic mass is 16.6. The number of hydrogen-bond acceptors (Lipinski definition) is 3. The van der Waals surface area contributed by atoms with Gasteiger partial charge in [-0.1, -0.05) is 12.1 Å². The third-order valence-corrected chi connectivity index (χ3v) is 3.29. The van der Waals surface area contributed by atoms with E-state index in [1.807, 2.05) is 37.3 Å². The van der Waals surface area contributed by atoms with Gasteiger partial charge in [0, 0.05) is 12.1 Å². The SMILES string of the molecule is Cc1cc(C2COCCO2)[n+]([O-])c2ccccc12. The first-order valence-corrected chi connectivity index (χ1v) is 6.08. The van der Waals surface area contributed by atoms with Crippen molar-refractivity contribution in [2.45, 2.75) is 13.0 Å². The van der Waals surface area contributed by atoms with Gasteiger partial charge in [0.05, 0.1) is 25.2 Å². The average Bonchev–Trinajstić information content (AvgIpc) is 2.44. The number of nitrogens with zero attached hydrogens (tertiary/aromatic N) is 1. The van der Waals surface area contributed by atoms with Gasteiger partial charge in [0.25, 0.3) is 0 Å². The highest BCUT2D eigenvalue weighted by Gasteiger charge is 2.26. The summed E-state index contributed by atoms with van der Waals surface area (Å²) in [7, 11) is 0. The molecule has 2 heterocycles. The lowest BCUT2D eigenvalue weighted by Crippen LogP contribution is -2.38. The molecule has 4 nitrogen and oxygen atoms in total. The van der Waals surface area contributed by atoms with Gasteiger partial charge < -0.3 is 14.7 Å². The maximum atomic E-state index is 12.4. The van der Waals surface area contributed by atoms with Crippen LogP contribution >= 0.6 is 0 Å². The van der Waals surface area contributed by atoms with Crippen molar-refractivity contribution in [3.63, 3.8) is 0 Å². The van der Waals surface area contributed by atoms with Gasteiger partial charge in [-0.05, 0) is 18.6 Å². The zero-order valence-corrected chi connectivity index (χ0v) is 10.3. The van der Waals surface area contributed by atoms with Crippen molar-refractivity contribution < 1.29 is 14.2 Å². The molecule has 3 rings (SSSR count). The molecule has 18 heavy (non-hydrogen) atoms. The second-order valence-electron chi connectivity index (χ2n) is 4.50. The number of ether oxygens (including phenoxy) is 2. The van der Waals surface area contributed by atoms with Gasteiger partial charge in [-0.25, -0.2) is 0 Å². The van der Waals surface area contributed by atoms with E-state index in [4.69, 9.17) is 9.47 Å². The molecule has 0 amide bonds. The minimum atomic E-state index is -0.264. The van der Waals surface area contributed by atoms with Crippen LogP contribution in [0.25, 0.3) is 10.9 Å². The van der Waals surface area contributed by atoms with Crippen LogP contribution in [0.2, 0.25) is 0 Å². The van der Waals surface area contributed by atoms with Crippen molar-refractivity contribution in [3.05, 3.63) is 46.8 Å². The van der Waals surface area contributed by atoms with Crippen molar-refractivity contribution in [2.75, 3.05) is 19.8 Å². The first-order chi connectivity index (χ1) is 8.77. The van der Waals surface area contributed by atoms with E-state index in [2.05, 4.69) is 0 Å². The lowest BCUT2D eigenvalue weighted by molar-refractivity contribution is -0.592. The topological polar surface area (TPSA) is 45.4 Å². The lowest BCUT2D eigenvalue weighted by atomic mass is 10.1. The molecule has 1 saturated heterocycles. The molecule has 1 unspecified atom stereocenters. The van der Waals surface area contributed by atoms with E-state index in [1.54, 1.807) is 0 Å². The summed E-state index contributed by atoms with van der Waals surface area (Å²) in [6.45, 7) is 3.59. The predicted octanol–water partition coefficient (Wildman–Crippen LogP) is 1.87. The second-order valence-corrected chi connectivity index (χ2v) is 4.50. The molecule has 1 fully saturated rings. The van der Waals surface area contributed by atoms with Gasteiger partial charge in [0.1, 0.15) is 0 Å². The van der Waals surface area contributed by atoms with Crippen molar-refractivity contribution in [3.8, 4) is 0 Å². The summed E-state index contributed by atoms with van der Waals surface area (Å²) < 4.78 is 11.9. The van der Waals surface area contributed by atoms with Crippen LogP contribution in [-0.4, -0.2) is 19.8 Å². The zero-order chi connectivity index (χ0) is 12.5. The monoisotopic (exact) mass is 245 g/mol. The van der Waals surface area contributed by atoms with E-state index in [0.29, 0.717) is 31.0 Å². The predicted molar refractivity (Wildman–Crippen MR) is 67.2 cm³/mol. The molecule has 0 spiro atoms. The van der Waals surface area contributed by atoms with Crippen molar-refractivity contribution in [2.24, 2.45) is 0 Å². The lowest BCUT2D eigenvalue weighted by Gasteiger charge is -2.22. The Morgan fingerprint density at radius 3 is 2.89 bits per heavy atom. The van der Waals surface area contributed by atoms with E-state index in [1.165, 1.54) is 0 Å². The van der Waals surface area contributed by atoms with Crippen LogP contribution in [0.3, 0.4) is 0 Å². The Balaban J connectivity index is 2.15. The summed E-state index contributed by atoms with van der Waals surface area (Å²) in [5, 5.41) is 13.3. The Bertz CT molecular complexity index is 577. The summed E-state index contributed by atoms with van der Waals surface area (Å²) in [5.41, 5.74) is 2.40. The summed E-state index contributed by atoms with van der Waals surface area (Å²) in [6.07, 6.45) is -0.264. The third kappa shape index (κ3) is 1.83.